The number of carbonyl (C=O) groups is 1. The van der Waals surface area contributed by atoms with Crippen LogP contribution >= 0.6 is 0 Å². The molecule has 2 aromatic rings. The molecule has 0 spiro atoms. The molecule has 0 heterocycles. The number of hydrogen-bond donors (Lipinski definition) is 3. The van der Waals surface area contributed by atoms with E-state index in [-0.39, 0.29) is 11.9 Å². The Hall–Kier alpha value is -2.86. The Morgan fingerprint density at radius 1 is 1.00 bits per heavy atom. The van der Waals surface area contributed by atoms with E-state index in [1.165, 1.54) is 5.56 Å². The van der Waals surface area contributed by atoms with Gasteiger partial charge < -0.3 is 16.0 Å². The summed E-state index contributed by atoms with van der Waals surface area (Å²) in [6, 6.07) is 18.4. The van der Waals surface area contributed by atoms with Gasteiger partial charge in [-0.15, -0.1) is 0 Å². The molecule has 0 aliphatic carbocycles. The third kappa shape index (κ3) is 6.61. The molecule has 1 unspecified atom stereocenters. The first-order valence-corrected chi connectivity index (χ1v) is 10.2. The molecule has 1 amide bonds. The predicted octanol–water partition coefficient (Wildman–Crippen LogP) is 2.79. The number of likely N-dealkylation sites (N-methyl/N-ethyl adjacent to an activating group) is 1. The summed E-state index contributed by atoms with van der Waals surface area (Å²) >= 11 is 0. The van der Waals surface area contributed by atoms with Crippen LogP contribution in [-0.2, 0) is 6.54 Å². The van der Waals surface area contributed by atoms with Crippen molar-refractivity contribution in [3.63, 3.8) is 0 Å². The van der Waals surface area contributed by atoms with Crippen LogP contribution in [0.4, 0.5) is 0 Å². The average Bonchev–Trinajstić information content (AvgIpc) is 2.78. The Balaban J connectivity index is 1.96. The lowest BCUT2D eigenvalue weighted by Gasteiger charge is -2.30. The Kier molecular flexibility index (Phi) is 9.18. The summed E-state index contributed by atoms with van der Waals surface area (Å²) in [4.78, 5) is 18.4. The normalized spacial score (nSPS) is 12.5. The van der Waals surface area contributed by atoms with E-state index in [1.807, 2.05) is 30.3 Å². The smallest absolute Gasteiger partial charge is 0.251 e. The fourth-order valence-corrected chi connectivity index (χ4v) is 3.32. The van der Waals surface area contributed by atoms with Crippen LogP contribution in [0, 0.1) is 0 Å². The van der Waals surface area contributed by atoms with E-state index in [0.29, 0.717) is 12.1 Å². The van der Waals surface area contributed by atoms with Gasteiger partial charge in [0.1, 0.15) is 0 Å². The first kappa shape index (κ1) is 22.4. The van der Waals surface area contributed by atoms with Crippen molar-refractivity contribution in [1.82, 2.24) is 20.9 Å². The molecule has 0 aliphatic rings. The van der Waals surface area contributed by atoms with Gasteiger partial charge in [-0.2, -0.15) is 0 Å². The van der Waals surface area contributed by atoms with Gasteiger partial charge in [-0.3, -0.25) is 14.7 Å². The van der Waals surface area contributed by atoms with Crippen molar-refractivity contribution in [2.75, 3.05) is 33.7 Å². The van der Waals surface area contributed by atoms with Gasteiger partial charge in [-0.1, -0.05) is 56.3 Å². The highest BCUT2D eigenvalue weighted by Crippen LogP contribution is 2.19. The Morgan fingerprint density at radius 3 is 2.21 bits per heavy atom. The lowest BCUT2D eigenvalue weighted by Crippen LogP contribution is -2.43. The minimum Gasteiger partial charge on any atom is -0.355 e. The van der Waals surface area contributed by atoms with Crippen molar-refractivity contribution in [2.24, 2.45) is 4.99 Å². The first-order chi connectivity index (χ1) is 14.1. The minimum absolute atomic E-state index is 0.0784. The number of carbonyl (C=O) groups excluding carboxylic acids is 1. The molecule has 0 fully saturated rings. The van der Waals surface area contributed by atoms with Gasteiger partial charge >= 0.3 is 0 Å². The molecule has 0 saturated heterocycles. The average molecular weight is 396 g/mol. The summed E-state index contributed by atoms with van der Waals surface area (Å²) in [7, 11) is 3.41. The number of nitrogens with one attached hydrogen (secondary N) is 3. The Morgan fingerprint density at radius 2 is 1.66 bits per heavy atom. The van der Waals surface area contributed by atoms with Gasteiger partial charge in [0.25, 0.3) is 5.91 Å². The van der Waals surface area contributed by atoms with Crippen LogP contribution < -0.4 is 16.0 Å². The number of rotatable bonds is 9. The van der Waals surface area contributed by atoms with Crippen LogP contribution in [0.15, 0.2) is 59.6 Å². The molecule has 29 heavy (non-hydrogen) atoms. The molecule has 0 bridgehead atoms. The molecule has 3 N–H and O–H groups in total. The Labute approximate surface area is 174 Å². The van der Waals surface area contributed by atoms with Crippen molar-refractivity contribution >= 4 is 11.9 Å². The van der Waals surface area contributed by atoms with E-state index in [9.17, 15) is 4.79 Å². The van der Waals surface area contributed by atoms with Gasteiger partial charge in [0.15, 0.2) is 5.96 Å². The van der Waals surface area contributed by atoms with E-state index in [4.69, 9.17) is 0 Å². The maximum absolute atomic E-state index is 11.6. The maximum Gasteiger partial charge on any atom is 0.251 e. The highest BCUT2D eigenvalue weighted by Gasteiger charge is 2.18. The number of hydrogen-bond acceptors (Lipinski definition) is 3. The van der Waals surface area contributed by atoms with E-state index in [0.717, 1.165) is 31.2 Å². The van der Waals surface area contributed by atoms with Gasteiger partial charge in [0, 0.05) is 32.7 Å². The second-order valence-corrected chi connectivity index (χ2v) is 6.73. The van der Waals surface area contributed by atoms with Crippen molar-refractivity contribution in [2.45, 2.75) is 26.4 Å². The van der Waals surface area contributed by atoms with Crippen LogP contribution in [0.25, 0.3) is 0 Å². The second-order valence-electron chi connectivity index (χ2n) is 6.73. The largest absolute Gasteiger partial charge is 0.355 e. The van der Waals surface area contributed by atoms with Crippen LogP contribution in [0.2, 0.25) is 0 Å². The van der Waals surface area contributed by atoms with Crippen LogP contribution in [0.3, 0.4) is 0 Å². The lowest BCUT2D eigenvalue weighted by atomic mass is 10.1. The zero-order chi connectivity index (χ0) is 21.1. The van der Waals surface area contributed by atoms with Gasteiger partial charge in [0.2, 0.25) is 0 Å². The number of benzene rings is 2. The molecule has 2 aromatic carbocycles. The van der Waals surface area contributed by atoms with Crippen molar-refractivity contribution in [3.05, 3.63) is 71.3 Å². The zero-order valence-electron chi connectivity index (χ0n) is 17.9. The molecule has 0 aromatic heterocycles. The van der Waals surface area contributed by atoms with Crippen LogP contribution in [0.1, 0.15) is 41.4 Å². The van der Waals surface area contributed by atoms with Gasteiger partial charge in [0.05, 0.1) is 6.04 Å². The monoisotopic (exact) mass is 395 g/mol. The molecule has 1 atom stereocenters. The number of nitrogens with zero attached hydrogens (tertiary/aromatic N) is 2. The van der Waals surface area contributed by atoms with Crippen molar-refractivity contribution in [1.29, 1.82) is 0 Å². The molecule has 2 rings (SSSR count). The summed E-state index contributed by atoms with van der Waals surface area (Å²) in [5.74, 6) is 0.679. The number of aliphatic imine (C=N–C) groups is 1. The van der Waals surface area contributed by atoms with Gasteiger partial charge in [-0.05, 0) is 36.3 Å². The Bertz CT molecular complexity index is 770. The maximum atomic E-state index is 11.6. The third-order valence-electron chi connectivity index (χ3n) is 5.03. The predicted molar refractivity (Wildman–Crippen MR) is 120 cm³/mol. The summed E-state index contributed by atoms with van der Waals surface area (Å²) in [6.45, 7) is 7.75. The molecule has 6 nitrogen and oxygen atoms in total. The number of amides is 1. The van der Waals surface area contributed by atoms with E-state index >= 15 is 0 Å². The summed E-state index contributed by atoms with van der Waals surface area (Å²) < 4.78 is 0. The number of guanidine groups is 1. The zero-order valence-corrected chi connectivity index (χ0v) is 17.9. The fourth-order valence-electron chi connectivity index (χ4n) is 3.32. The summed E-state index contributed by atoms with van der Waals surface area (Å²) in [5.41, 5.74) is 3.04. The summed E-state index contributed by atoms with van der Waals surface area (Å²) in [5, 5.41) is 9.44. The molecule has 0 radical (unpaired) electrons. The molecule has 0 saturated carbocycles. The fraction of sp³-hybridized carbons (Fsp3) is 0.391. The molecule has 6 heteroatoms. The topological polar surface area (TPSA) is 68.8 Å². The van der Waals surface area contributed by atoms with Crippen LogP contribution in [-0.4, -0.2) is 50.5 Å². The van der Waals surface area contributed by atoms with Crippen molar-refractivity contribution in [3.8, 4) is 0 Å². The molecule has 156 valence electrons. The highest BCUT2D eigenvalue weighted by molar-refractivity contribution is 5.93. The van der Waals surface area contributed by atoms with Gasteiger partial charge in [-0.25, -0.2) is 0 Å². The quantitative estimate of drug-likeness (QED) is 0.451. The second kappa shape index (κ2) is 11.9. The van der Waals surface area contributed by atoms with E-state index in [2.05, 4.69) is 64.0 Å². The molecule has 0 aliphatic heterocycles. The minimum atomic E-state index is -0.0784. The molecular weight excluding hydrogens is 362 g/mol. The van der Waals surface area contributed by atoms with Crippen molar-refractivity contribution < 1.29 is 4.79 Å². The van der Waals surface area contributed by atoms with E-state index < -0.39 is 0 Å². The van der Waals surface area contributed by atoms with E-state index in [1.54, 1.807) is 14.1 Å². The summed E-state index contributed by atoms with van der Waals surface area (Å²) in [6.07, 6.45) is 0. The first-order valence-electron chi connectivity index (χ1n) is 10.2. The SMILES string of the molecule is CCN(CC)C(CNC(=NC)NCc1ccc(C(=O)NC)cc1)c1ccccc1. The highest BCUT2D eigenvalue weighted by atomic mass is 16.1. The lowest BCUT2D eigenvalue weighted by molar-refractivity contribution is 0.0963. The van der Waals surface area contributed by atoms with Crippen LogP contribution in [0.5, 0.6) is 0 Å². The third-order valence-corrected chi connectivity index (χ3v) is 5.03. The standard InChI is InChI=1S/C23H33N5O/c1-5-28(6-2)21(19-10-8-7-9-11-19)17-27-23(25-4)26-16-18-12-14-20(15-13-18)22(29)24-3/h7-15,21H,5-6,16-17H2,1-4H3,(H,24,29)(H2,25,26,27). The molecular formula is C23H33N5O.